The van der Waals surface area contributed by atoms with E-state index in [1.807, 2.05) is 91.0 Å². The van der Waals surface area contributed by atoms with Crippen molar-refractivity contribution in [1.29, 1.82) is 0 Å². The Morgan fingerprint density at radius 3 is 1.16 bits per heavy atom. The largest absolute Gasteiger partial charge is 1.00 e. The van der Waals surface area contributed by atoms with Crippen LogP contribution in [0, 0.1) is 0 Å². The summed E-state index contributed by atoms with van der Waals surface area (Å²) in [7, 11) is -2.90. The van der Waals surface area contributed by atoms with Crippen molar-refractivity contribution >= 4 is 7.94 Å². The van der Waals surface area contributed by atoms with Crippen LogP contribution < -0.4 is 31.2 Å². The summed E-state index contributed by atoms with van der Waals surface area (Å²) in [5.74, 6) is 2.04. The maximum absolute atomic E-state index is 5.96. The fourth-order valence-electron chi connectivity index (χ4n) is 2.50. The van der Waals surface area contributed by atoms with Crippen LogP contribution in [0.2, 0.25) is 0 Å². The van der Waals surface area contributed by atoms with Crippen LogP contribution in [-0.4, -0.2) is 26.5 Å². The second-order valence-corrected chi connectivity index (χ2v) is 8.56. The first-order chi connectivity index (χ1) is 15.3. The zero-order valence-electron chi connectivity index (χ0n) is 17.5. The molecule has 0 aliphatic carbocycles. The summed E-state index contributed by atoms with van der Waals surface area (Å²) in [4.78, 5) is 0. The van der Waals surface area contributed by atoms with Crippen molar-refractivity contribution in [2.24, 2.45) is 0 Å². The second kappa shape index (κ2) is 14.6. The molecule has 32 heavy (non-hydrogen) atoms. The molecule has 0 unspecified atom stereocenters. The van der Waals surface area contributed by atoms with Gasteiger partial charge in [0.1, 0.15) is 17.2 Å². The van der Waals surface area contributed by atoms with E-state index in [-0.39, 0.29) is 37.4 Å². The van der Waals surface area contributed by atoms with Gasteiger partial charge in [-0.05, 0) is 42.5 Å². The standard InChI is InChI=1S/C24H26O6P.BrH/c1-2-18-31(28-19-25-22-12-6-3-7-13-22,29-20-26-23-14-8-4-9-15-23)30-21-27-24-16-10-5-11-17-24;/h2-17H,1,18-21H2;1H/q+1;/p-1. The molecule has 0 saturated carbocycles. The topological polar surface area (TPSA) is 55.4 Å². The highest BCUT2D eigenvalue weighted by Crippen LogP contribution is 2.62. The van der Waals surface area contributed by atoms with Gasteiger partial charge in [0.15, 0.2) is 6.16 Å². The van der Waals surface area contributed by atoms with Gasteiger partial charge in [-0.2, -0.15) is 0 Å². The minimum Gasteiger partial charge on any atom is -1.00 e. The normalized spacial score (nSPS) is 10.6. The first-order valence-corrected chi connectivity index (χ1v) is 11.5. The van der Waals surface area contributed by atoms with Crippen molar-refractivity contribution in [3.05, 3.63) is 104 Å². The molecule has 0 spiro atoms. The van der Waals surface area contributed by atoms with Crippen molar-refractivity contribution in [3.8, 4) is 17.2 Å². The lowest BCUT2D eigenvalue weighted by Crippen LogP contribution is -3.00. The Hall–Kier alpha value is -2.41. The molecule has 0 aromatic heterocycles. The summed E-state index contributed by atoms with van der Waals surface area (Å²) in [6.07, 6.45) is 2.02. The van der Waals surface area contributed by atoms with Gasteiger partial charge in [0, 0.05) is 0 Å². The molecule has 6 nitrogen and oxygen atoms in total. The van der Waals surface area contributed by atoms with E-state index in [1.165, 1.54) is 0 Å². The zero-order valence-corrected chi connectivity index (χ0v) is 20.0. The summed E-state index contributed by atoms with van der Waals surface area (Å²) >= 11 is 0. The first kappa shape index (κ1) is 25.8. The summed E-state index contributed by atoms with van der Waals surface area (Å²) < 4.78 is 34.9. The van der Waals surface area contributed by atoms with E-state index >= 15 is 0 Å². The second-order valence-electron chi connectivity index (χ2n) is 6.20. The van der Waals surface area contributed by atoms with Gasteiger partial charge in [-0.1, -0.05) is 61.2 Å². The van der Waals surface area contributed by atoms with Crippen LogP contribution in [0.4, 0.5) is 0 Å². The molecule has 0 heterocycles. The van der Waals surface area contributed by atoms with Crippen LogP contribution in [-0.2, 0) is 13.6 Å². The van der Waals surface area contributed by atoms with E-state index in [4.69, 9.17) is 27.8 Å². The number of allylic oxidation sites excluding steroid dienone is 1. The van der Waals surface area contributed by atoms with Gasteiger partial charge in [0.25, 0.3) is 0 Å². The number of ether oxygens (including phenoxy) is 3. The van der Waals surface area contributed by atoms with Crippen molar-refractivity contribution in [1.82, 2.24) is 0 Å². The zero-order chi connectivity index (χ0) is 21.6. The van der Waals surface area contributed by atoms with Gasteiger partial charge in [-0.3, -0.25) is 0 Å². The molecular formula is C24H26BrO6P. The van der Waals surface area contributed by atoms with Gasteiger partial charge in [0.05, 0.1) is 0 Å². The van der Waals surface area contributed by atoms with Crippen LogP contribution in [0.15, 0.2) is 104 Å². The fourth-order valence-corrected chi connectivity index (χ4v) is 4.00. The highest BCUT2D eigenvalue weighted by atomic mass is 79.9. The Kier molecular flexibility index (Phi) is 11.8. The summed E-state index contributed by atoms with van der Waals surface area (Å²) in [6.45, 7) is 3.65. The maximum Gasteiger partial charge on any atom is 0.425 e. The van der Waals surface area contributed by atoms with Crippen LogP contribution in [0.1, 0.15) is 0 Å². The highest BCUT2D eigenvalue weighted by molar-refractivity contribution is 7.61. The third-order valence-electron chi connectivity index (χ3n) is 4.01. The Balaban J connectivity index is 0.00000363. The van der Waals surface area contributed by atoms with E-state index < -0.39 is 7.94 Å². The Bertz CT molecular complexity index is 772. The average molecular weight is 521 g/mol. The van der Waals surface area contributed by atoms with E-state index in [9.17, 15) is 0 Å². The van der Waals surface area contributed by atoms with Crippen molar-refractivity contribution in [2.75, 3.05) is 26.5 Å². The van der Waals surface area contributed by atoms with E-state index in [2.05, 4.69) is 6.58 Å². The number of halogens is 1. The predicted molar refractivity (Wildman–Crippen MR) is 121 cm³/mol. The Morgan fingerprint density at radius 1 is 0.562 bits per heavy atom. The molecule has 0 amide bonds. The molecule has 0 aliphatic rings. The minimum absolute atomic E-state index is 0. The number of benzene rings is 3. The molecule has 0 radical (unpaired) electrons. The van der Waals surface area contributed by atoms with Gasteiger partial charge < -0.3 is 31.2 Å². The van der Waals surface area contributed by atoms with Crippen LogP contribution in [0.3, 0.4) is 0 Å². The predicted octanol–water partition coefficient (Wildman–Crippen LogP) is 3.10. The summed E-state index contributed by atoms with van der Waals surface area (Å²) in [5, 5.41) is 0. The number of hydrogen-bond donors (Lipinski definition) is 0. The molecule has 0 bridgehead atoms. The van der Waals surface area contributed by atoms with Crippen LogP contribution in [0.5, 0.6) is 17.2 Å². The molecule has 0 N–H and O–H groups in total. The van der Waals surface area contributed by atoms with Crippen LogP contribution in [0.25, 0.3) is 0 Å². The third kappa shape index (κ3) is 8.99. The number of para-hydroxylation sites is 3. The average Bonchev–Trinajstić information content (AvgIpc) is 2.81. The van der Waals surface area contributed by atoms with E-state index in [0.29, 0.717) is 23.4 Å². The molecule has 8 heteroatoms. The smallest absolute Gasteiger partial charge is 0.425 e. The number of hydrogen-bond acceptors (Lipinski definition) is 6. The van der Waals surface area contributed by atoms with Gasteiger partial charge >= 0.3 is 7.94 Å². The van der Waals surface area contributed by atoms with Gasteiger partial charge in [-0.25, -0.2) is 0 Å². The lowest BCUT2D eigenvalue weighted by Gasteiger charge is -2.21. The molecule has 0 atom stereocenters. The van der Waals surface area contributed by atoms with Crippen LogP contribution >= 0.6 is 7.94 Å². The molecule has 3 aromatic carbocycles. The minimum atomic E-state index is -2.90. The Labute approximate surface area is 200 Å². The van der Waals surface area contributed by atoms with E-state index in [0.717, 1.165) is 0 Å². The van der Waals surface area contributed by atoms with Gasteiger partial charge in [-0.15, -0.1) is 13.6 Å². The highest BCUT2D eigenvalue weighted by Gasteiger charge is 2.46. The summed E-state index contributed by atoms with van der Waals surface area (Å²) in [5.41, 5.74) is 0. The SMILES string of the molecule is C=CC[P+](OCOc1ccccc1)(OCOc1ccccc1)OCOc1ccccc1.[Br-]. The lowest BCUT2D eigenvalue weighted by atomic mass is 10.3. The monoisotopic (exact) mass is 520 g/mol. The van der Waals surface area contributed by atoms with Crippen molar-refractivity contribution < 1.29 is 44.8 Å². The lowest BCUT2D eigenvalue weighted by molar-refractivity contribution is -0.000154. The summed E-state index contributed by atoms with van der Waals surface area (Å²) in [6, 6.07) is 28.1. The molecule has 0 saturated heterocycles. The molecular weight excluding hydrogens is 495 g/mol. The Morgan fingerprint density at radius 2 is 0.875 bits per heavy atom. The fraction of sp³-hybridized carbons (Fsp3) is 0.167. The number of rotatable bonds is 14. The van der Waals surface area contributed by atoms with Crippen molar-refractivity contribution in [3.63, 3.8) is 0 Å². The molecule has 3 aromatic rings. The van der Waals surface area contributed by atoms with Gasteiger partial charge in [0.2, 0.25) is 20.4 Å². The first-order valence-electron chi connectivity index (χ1n) is 9.76. The van der Waals surface area contributed by atoms with Crippen molar-refractivity contribution in [2.45, 2.75) is 0 Å². The quantitative estimate of drug-likeness (QED) is 0.185. The molecule has 0 aliphatic heterocycles. The molecule has 3 rings (SSSR count). The molecule has 0 fully saturated rings. The third-order valence-corrected chi connectivity index (χ3v) is 6.21. The molecule has 170 valence electrons. The van der Waals surface area contributed by atoms with E-state index in [1.54, 1.807) is 6.08 Å². The maximum atomic E-state index is 5.96.